The second-order valence-electron chi connectivity index (χ2n) is 9.59. The molecular formula is C25H37N5O2S. The maximum Gasteiger partial charge on any atom is 0.265 e. The average Bonchev–Trinajstić information content (AvgIpc) is 2.97. The Balaban J connectivity index is 1.45. The highest BCUT2D eigenvalue weighted by Gasteiger charge is 2.29. The Morgan fingerprint density at radius 2 is 1.82 bits per heavy atom. The summed E-state index contributed by atoms with van der Waals surface area (Å²) in [5, 5.41) is 0.820. The number of fused-ring (bicyclic) bond motifs is 1. The molecule has 0 spiro atoms. The zero-order valence-electron chi connectivity index (χ0n) is 20.0. The molecule has 33 heavy (non-hydrogen) atoms. The van der Waals surface area contributed by atoms with E-state index in [-0.39, 0.29) is 17.9 Å². The van der Waals surface area contributed by atoms with Crippen LogP contribution in [0.1, 0.15) is 79.2 Å². The van der Waals surface area contributed by atoms with Gasteiger partial charge in [0.2, 0.25) is 5.91 Å². The maximum atomic E-state index is 13.2. The van der Waals surface area contributed by atoms with Crippen LogP contribution in [-0.2, 0) is 4.79 Å². The van der Waals surface area contributed by atoms with Crippen LogP contribution in [0.15, 0.2) is 12.1 Å². The summed E-state index contributed by atoms with van der Waals surface area (Å²) in [5.74, 6) is 0.140. The molecule has 1 unspecified atom stereocenters. The van der Waals surface area contributed by atoms with Crippen LogP contribution in [0.3, 0.4) is 0 Å². The van der Waals surface area contributed by atoms with Crippen molar-refractivity contribution in [2.45, 2.75) is 63.8 Å². The Bertz CT molecular complexity index is 981. The molecule has 0 bridgehead atoms. The molecule has 2 aromatic heterocycles. The normalized spacial score (nSPS) is 20.1. The van der Waals surface area contributed by atoms with Gasteiger partial charge in [-0.2, -0.15) is 0 Å². The summed E-state index contributed by atoms with van der Waals surface area (Å²) in [6, 6.07) is 3.96. The molecule has 2 aliphatic rings. The molecule has 0 aromatic carbocycles. The van der Waals surface area contributed by atoms with Gasteiger partial charge in [-0.15, -0.1) is 11.3 Å². The van der Waals surface area contributed by atoms with Gasteiger partial charge in [-0.1, -0.05) is 12.8 Å². The van der Waals surface area contributed by atoms with E-state index in [1.54, 1.807) is 14.1 Å². The Hall–Kier alpha value is -2.19. The van der Waals surface area contributed by atoms with Crippen molar-refractivity contribution in [1.29, 1.82) is 0 Å². The smallest absolute Gasteiger partial charge is 0.265 e. The first-order valence-electron chi connectivity index (χ1n) is 12.4. The van der Waals surface area contributed by atoms with Crippen molar-refractivity contribution >= 4 is 39.1 Å². The predicted octanol–water partition coefficient (Wildman–Crippen LogP) is 4.29. The van der Waals surface area contributed by atoms with Crippen LogP contribution in [0.5, 0.6) is 0 Å². The Labute approximate surface area is 200 Å². The lowest BCUT2D eigenvalue weighted by molar-refractivity contribution is -0.135. The summed E-state index contributed by atoms with van der Waals surface area (Å²) in [6.07, 6.45) is 9.83. The number of likely N-dealkylation sites (tertiary alicyclic amines) is 2. The third kappa shape index (κ3) is 5.49. The zero-order valence-corrected chi connectivity index (χ0v) is 20.8. The van der Waals surface area contributed by atoms with Gasteiger partial charge < -0.3 is 20.4 Å². The molecule has 2 saturated heterocycles. The van der Waals surface area contributed by atoms with Gasteiger partial charge in [-0.05, 0) is 70.3 Å². The van der Waals surface area contributed by atoms with Crippen molar-refractivity contribution < 1.29 is 9.59 Å². The number of thiophene rings is 1. The van der Waals surface area contributed by atoms with Gasteiger partial charge in [-0.3, -0.25) is 9.59 Å². The standard InChI is InChI=1S/C25H37N5O2S/c1-28(2)25(32)23-22(26)18-12-13-19(27-24(18)33-23)20-10-5-8-17-30(20)21(31)11-9-16-29-14-6-3-4-7-15-29/h12-13,20H,3-11,14-17,26H2,1-2H3. The number of nitrogens with two attached hydrogens (primary N) is 1. The Morgan fingerprint density at radius 1 is 1.09 bits per heavy atom. The average molecular weight is 472 g/mol. The molecule has 4 heterocycles. The SMILES string of the molecule is CN(C)C(=O)c1sc2nc(C3CCCCN3C(=O)CCCN3CCCCCC3)ccc2c1N. The molecule has 0 radical (unpaired) electrons. The Morgan fingerprint density at radius 3 is 2.55 bits per heavy atom. The number of nitrogens with zero attached hydrogens (tertiary/aromatic N) is 4. The summed E-state index contributed by atoms with van der Waals surface area (Å²) in [4.78, 5) is 38.0. The number of piperidine rings is 1. The van der Waals surface area contributed by atoms with Crippen molar-refractivity contribution in [2.24, 2.45) is 0 Å². The topological polar surface area (TPSA) is 82.8 Å². The van der Waals surface area contributed by atoms with Crippen LogP contribution >= 0.6 is 11.3 Å². The molecule has 0 saturated carbocycles. The summed E-state index contributed by atoms with van der Waals surface area (Å²) in [7, 11) is 3.45. The number of aromatic nitrogens is 1. The van der Waals surface area contributed by atoms with E-state index in [0.717, 1.165) is 54.7 Å². The van der Waals surface area contributed by atoms with Crippen LogP contribution in [0.4, 0.5) is 5.69 Å². The predicted molar refractivity (Wildman–Crippen MR) is 134 cm³/mol. The molecule has 0 aliphatic carbocycles. The first-order chi connectivity index (χ1) is 16.0. The number of pyridine rings is 1. The van der Waals surface area contributed by atoms with Crippen LogP contribution in [-0.4, -0.2) is 71.8 Å². The first kappa shape index (κ1) is 24.0. The first-order valence-corrected chi connectivity index (χ1v) is 13.2. The minimum absolute atomic E-state index is 0.00478. The summed E-state index contributed by atoms with van der Waals surface area (Å²) in [6.45, 7) is 4.16. The zero-order chi connectivity index (χ0) is 23.4. The molecule has 2 N–H and O–H groups in total. The van der Waals surface area contributed by atoms with Gasteiger partial charge in [0.05, 0.1) is 17.4 Å². The number of rotatable bonds is 6. The van der Waals surface area contributed by atoms with Crippen LogP contribution in [0.2, 0.25) is 0 Å². The van der Waals surface area contributed by atoms with Crippen molar-refractivity contribution in [3.05, 3.63) is 22.7 Å². The fraction of sp³-hybridized carbons (Fsp3) is 0.640. The van der Waals surface area contributed by atoms with Crippen molar-refractivity contribution in [2.75, 3.05) is 46.0 Å². The maximum absolute atomic E-state index is 13.2. The van der Waals surface area contributed by atoms with E-state index in [4.69, 9.17) is 10.7 Å². The van der Waals surface area contributed by atoms with E-state index in [1.807, 2.05) is 17.0 Å². The summed E-state index contributed by atoms with van der Waals surface area (Å²) < 4.78 is 0. The van der Waals surface area contributed by atoms with Crippen molar-refractivity contribution in [3.8, 4) is 0 Å². The number of anilines is 1. The summed E-state index contributed by atoms with van der Waals surface area (Å²) in [5.41, 5.74) is 7.67. The molecule has 1 atom stereocenters. The fourth-order valence-electron chi connectivity index (χ4n) is 5.05. The number of hydrogen-bond donors (Lipinski definition) is 1. The van der Waals surface area contributed by atoms with Crippen LogP contribution in [0, 0.1) is 0 Å². The molecule has 2 aromatic rings. The minimum atomic E-state index is -0.101. The highest BCUT2D eigenvalue weighted by molar-refractivity contribution is 7.21. The van der Waals surface area contributed by atoms with Crippen molar-refractivity contribution in [1.82, 2.24) is 19.7 Å². The lowest BCUT2D eigenvalue weighted by Gasteiger charge is -2.35. The van der Waals surface area contributed by atoms with E-state index in [0.29, 0.717) is 17.0 Å². The third-order valence-corrected chi connectivity index (χ3v) is 8.05. The van der Waals surface area contributed by atoms with E-state index < -0.39 is 0 Å². The fourth-order valence-corrected chi connectivity index (χ4v) is 6.18. The van der Waals surface area contributed by atoms with Gasteiger partial charge in [0.15, 0.2) is 0 Å². The number of carbonyl (C=O) groups is 2. The van der Waals surface area contributed by atoms with Crippen LogP contribution in [0.25, 0.3) is 10.2 Å². The molecule has 2 fully saturated rings. The van der Waals surface area contributed by atoms with Gasteiger partial charge in [0.1, 0.15) is 9.71 Å². The van der Waals surface area contributed by atoms with E-state index in [9.17, 15) is 9.59 Å². The minimum Gasteiger partial charge on any atom is -0.397 e. The van der Waals surface area contributed by atoms with E-state index >= 15 is 0 Å². The van der Waals surface area contributed by atoms with Gasteiger partial charge in [0, 0.05) is 32.4 Å². The molecule has 7 nitrogen and oxygen atoms in total. The van der Waals surface area contributed by atoms with E-state index in [1.165, 1.54) is 55.0 Å². The lowest BCUT2D eigenvalue weighted by Crippen LogP contribution is -2.39. The molecule has 4 rings (SSSR count). The number of amides is 2. The van der Waals surface area contributed by atoms with Gasteiger partial charge >= 0.3 is 0 Å². The molecule has 2 aliphatic heterocycles. The van der Waals surface area contributed by atoms with Crippen molar-refractivity contribution in [3.63, 3.8) is 0 Å². The highest BCUT2D eigenvalue weighted by atomic mass is 32.1. The molecule has 180 valence electrons. The van der Waals surface area contributed by atoms with E-state index in [2.05, 4.69) is 4.90 Å². The van der Waals surface area contributed by atoms with Gasteiger partial charge in [0.25, 0.3) is 5.91 Å². The summed E-state index contributed by atoms with van der Waals surface area (Å²) >= 11 is 1.34. The largest absolute Gasteiger partial charge is 0.397 e. The second kappa shape index (κ2) is 10.8. The van der Waals surface area contributed by atoms with Gasteiger partial charge in [-0.25, -0.2) is 4.98 Å². The second-order valence-corrected chi connectivity index (χ2v) is 10.6. The Kier molecular flexibility index (Phi) is 7.86. The number of carbonyl (C=O) groups excluding carboxylic acids is 2. The number of hydrogen-bond acceptors (Lipinski definition) is 6. The third-order valence-electron chi connectivity index (χ3n) is 6.94. The molecule has 2 amide bonds. The molecular weight excluding hydrogens is 434 g/mol. The lowest BCUT2D eigenvalue weighted by atomic mass is 9.98. The monoisotopic (exact) mass is 471 g/mol. The highest BCUT2D eigenvalue weighted by Crippen LogP contribution is 2.36. The molecule has 8 heteroatoms. The number of nitrogen functional groups attached to an aromatic ring is 1. The van der Waals surface area contributed by atoms with Crippen LogP contribution < -0.4 is 5.73 Å². The quantitative estimate of drug-likeness (QED) is 0.680.